The number of carboxylic acid groups (broad SMARTS) is 1. The zero-order chi connectivity index (χ0) is 17.2. The van der Waals surface area contributed by atoms with Gasteiger partial charge in [0.1, 0.15) is 6.04 Å². The first-order chi connectivity index (χ1) is 11.0. The van der Waals surface area contributed by atoms with Gasteiger partial charge in [-0.3, -0.25) is 4.79 Å². The Labute approximate surface area is 146 Å². The topological polar surface area (TPSA) is 78.2 Å². The third-order valence-corrected chi connectivity index (χ3v) is 4.59. The molecule has 0 bridgehead atoms. The molecule has 0 aliphatic carbocycles. The number of carboxylic acids is 1. The number of aliphatic carboxylic acids is 1. The highest BCUT2D eigenvalue weighted by Crippen LogP contribution is 2.12. The molecule has 0 saturated heterocycles. The van der Waals surface area contributed by atoms with Crippen molar-refractivity contribution in [2.75, 3.05) is 26.2 Å². The highest BCUT2D eigenvalue weighted by Gasteiger charge is 2.19. The number of quaternary nitrogens is 2. The summed E-state index contributed by atoms with van der Waals surface area (Å²) < 4.78 is 0.885. The monoisotopic (exact) mass is 385 g/mol. The summed E-state index contributed by atoms with van der Waals surface area (Å²) in [5.41, 5.74) is 0.528. The molecule has 1 aromatic rings. The third kappa shape index (κ3) is 7.24. The number of rotatable bonds is 11. The Morgan fingerprint density at radius 3 is 2.35 bits per heavy atom. The van der Waals surface area contributed by atoms with Crippen LogP contribution in [0.3, 0.4) is 0 Å². The smallest absolute Gasteiger partial charge is 0.169 e. The van der Waals surface area contributed by atoms with Gasteiger partial charge in [0.15, 0.2) is 5.78 Å². The largest absolute Gasteiger partial charge is 0.544 e. The van der Waals surface area contributed by atoms with E-state index in [-0.39, 0.29) is 12.2 Å². The van der Waals surface area contributed by atoms with Gasteiger partial charge in [-0.2, -0.15) is 0 Å². The number of Topliss-reactive ketones (excluding diaryl/α,β-unsaturated/α-hetero) is 1. The molecule has 128 valence electrons. The fourth-order valence-corrected chi connectivity index (χ4v) is 2.76. The van der Waals surface area contributed by atoms with Crippen LogP contribution in [0.15, 0.2) is 28.7 Å². The number of nitrogens with two attached hydrogens (primary N) is 1. The molecule has 1 aromatic carbocycles. The maximum atomic E-state index is 12.2. The van der Waals surface area contributed by atoms with Crippen molar-refractivity contribution >= 4 is 27.7 Å². The quantitative estimate of drug-likeness (QED) is 0.379. The predicted molar refractivity (Wildman–Crippen MR) is 90.2 cm³/mol. The lowest BCUT2D eigenvalue weighted by Gasteiger charge is -2.18. The Balaban J connectivity index is 2.47. The van der Waals surface area contributed by atoms with Gasteiger partial charge in [0.05, 0.1) is 38.6 Å². The molecule has 0 spiro atoms. The van der Waals surface area contributed by atoms with Crippen LogP contribution < -0.4 is 15.3 Å². The molecule has 0 aliphatic rings. The van der Waals surface area contributed by atoms with Gasteiger partial charge in [-0.25, -0.2) is 0 Å². The lowest BCUT2D eigenvalue weighted by Crippen LogP contribution is -3.11. The highest BCUT2D eigenvalue weighted by atomic mass is 79.9. The Morgan fingerprint density at radius 1 is 1.22 bits per heavy atom. The molecule has 1 rings (SSSR count). The van der Waals surface area contributed by atoms with E-state index in [1.54, 1.807) is 29.6 Å². The minimum Gasteiger partial charge on any atom is -0.544 e. The number of halogens is 1. The van der Waals surface area contributed by atoms with E-state index in [9.17, 15) is 14.7 Å². The number of benzene rings is 1. The van der Waals surface area contributed by atoms with Gasteiger partial charge < -0.3 is 20.1 Å². The van der Waals surface area contributed by atoms with E-state index in [1.807, 2.05) is 0 Å². The summed E-state index contributed by atoms with van der Waals surface area (Å²) in [7, 11) is 0. The standard InChI is InChI=1S/C17H25BrN2O3/c1-3-20(4-2)11-5-10-19-15(17(22)23)12-16(21)13-6-8-14(18)9-7-13/h6-9,15,19H,3-5,10-12H2,1-2H3,(H,22,23)/p+1/t15-/m1/s1. The van der Waals surface area contributed by atoms with Crippen LogP contribution >= 0.6 is 15.9 Å². The van der Waals surface area contributed by atoms with Gasteiger partial charge in [0, 0.05) is 16.5 Å². The van der Waals surface area contributed by atoms with Crippen molar-refractivity contribution < 1.29 is 24.9 Å². The average molecular weight is 386 g/mol. The third-order valence-electron chi connectivity index (χ3n) is 4.06. The number of carbonyl (C=O) groups excluding carboxylic acids is 2. The Bertz CT molecular complexity index is 501. The van der Waals surface area contributed by atoms with Gasteiger partial charge in [-0.15, -0.1) is 0 Å². The average Bonchev–Trinajstić information content (AvgIpc) is 2.54. The summed E-state index contributed by atoms with van der Waals surface area (Å²) in [6.45, 7) is 8.14. The molecule has 6 heteroatoms. The van der Waals surface area contributed by atoms with Crippen LogP contribution in [0.25, 0.3) is 0 Å². The normalized spacial score (nSPS) is 12.3. The van der Waals surface area contributed by atoms with Crippen LogP contribution in [0.5, 0.6) is 0 Å². The molecule has 0 amide bonds. The number of ketones is 1. The molecular formula is C17H26BrN2O3+. The van der Waals surface area contributed by atoms with Crippen molar-refractivity contribution in [3.8, 4) is 0 Å². The highest BCUT2D eigenvalue weighted by molar-refractivity contribution is 9.10. The number of hydrogen-bond donors (Lipinski definition) is 2. The van der Waals surface area contributed by atoms with E-state index < -0.39 is 12.0 Å². The fourth-order valence-electron chi connectivity index (χ4n) is 2.49. The second-order valence-electron chi connectivity index (χ2n) is 5.64. The second-order valence-corrected chi connectivity index (χ2v) is 6.56. The van der Waals surface area contributed by atoms with E-state index in [1.165, 1.54) is 4.90 Å². The molecule has 0 unspecified atom stereocenters. The Kier molecular flexibility index (Phi) is 9.06. The lowest BCUT2D eigenvalue weighted by atomic mass is 10.0. The summed E-state index contributed by atoms with van der Waals surface area (Å²) in [5, 5.41) is 13.0. The summed E-state index contributed by atoms with van der Waals surface area (Å²) in [5.74, 6) is -1.34. The van der Waals surface area contributed by atoms with Crippen LogP contribution in [0, 0.1) is 0 Å². The Morgan fingerprint density at radius 2 is 1.83 bits per heavy atom. The van der Waals surface area contributed by atoms with Crippen LogP contribution in [0.1, 0.15) is 37.0 Å². The van der Waals surface area contributed by atoms with Crippen molar-refractivity contribution in [3.05, 3.63) is 34.3 Å². The SMILES string of the molecule is CC[NH+](CC)CCC[NH2+][C@H](CC(=O)c1ccc(Br)cc1)C(=O)[O-]. The molecule has 5 nitrogen and oxygen atoms in total. The Hall–Kier alpha value is -1.24. The van der Waals surface area contributed by atoms with Crippen LogP contribution in [-0.4, -0.2) is 44.0 Å². The number of hydrogen-bond acceptors (Lipinski definition) is 3. The van der Waals surface area contributed by atoms with E-state index in [4.69, 9.17) is 0 Å². The first-order valence-corrected chi connectivity index (χ1v) is 8.93. The van der Waals surface area contributed by atoms with Crippen molar-refractivity contribution in [2.45, 2.75) is 32.7 Å². The first kappa shape index (κ1) is 19.8. The molecule has 0 aliphatic heterocycles. The molecule has 3 N–H and O–H groups in total. The van der Waals surface area contributed by atoms with Crippen molar-refractivity contribution in [3.63, 3.8) is 0 Å². The first-order valence-electron chi connectivity index (χ1n) is 8.14. The molecular weight excluding hydrogens is 360 g/mol. The van der Waals surface area contributed by atoms with E-state index in [2.05, 4.69) is 29.8 Å². The molecule has 23 heavy (non-hydrogen) atoms. The predicted octanol–water partition coefficient (Wildman–Crippen LogP) is -0.981. The van der Waals surface area contributed by atoms with Crippen molar-refractivity contribution in [1.29, 1.82) is 0 Å². The van der Waals surface area contributed by atoms with Gasteiger partial charge in [0.2, 0.25) is 0 Å². The van der Waals surface area contributed by atoms with Gasteiger partial charge in [-0.1, -0.05) is 28.1 Å². The summed E-state index contributed by atoms with van der Waals surface area (Å²) in [6, 6.07) is 6.12. The fraction of sp³-hybridized carbons (Fsp3) is 0.529. The molecule has 0 radical (unpaired) electrons. The molecule has 0 fully saturated rings. The van der Waals surface area contributed by atoms with Crippen molar-refractivity contribution in [1.82, 2.24) is 0 Å². The minimum absolute atomic E-state index is 0.0396. The second kappa shape index (κ2) is 10.5. The van der Waals surface area contributed by atoms with Crippen molar-refractivity contribution in [2.24, 2.45) is 0 Å². The van der Waals surface area contributed by atoms with E-state index >= 15 is 0 Å². The minimum atomic E-state index is -1.18. The van der Waals surface area contributed by atoms with Crippen LogP contribution in [0.4, 0.5) is 0 Å². The van der Waals surface area contributed by atoms with E-state index in [0.717, 1.165) is 30.5 Å². The molecule has 1 atom stereocenters. The van der Waals surface area contributed by atoms with Gasteiger partial charge >= 0.3 is 0 Å². The van der Waals surface area contributed by atoms with Gasteiger partial charge in [0.25, 0.3) is 0 Å². The summed E-state index contributed by atoms with van der Waals surface area (Å²) in [6.07, 6.45) is 0.884. The summed E-state index contributed by atoms with van der Waals surface area (Å²) in [4.78, 5) is 24.9. The van der Waals surface area contributed by atoms with Crippen LogP contribution in [-0.2, 0) is 4.79 Å². The summed E-state index contributed by atoms with van der Waals surface area (Å²) >= 11 is 3.31. The molecule has 0 aromatic heterocycles. The number of carbonyl (C=O) groups is 2. The zero-order valence-electron chi connectivity index (χ0n) is 13.8. The molecule has 0 heterocycles. The van der Waals surface area contributed by atoms with E-state index in [0.29, 0.717) is 12.1 Å². The van der Waals surface area contributed by atoms with Gasteiger partial charge in [-0.05, 0) is 26.0 Å². The zero-order valence-corrected chi connectivity index (χ0v) is 15.4. The lowest BCUT2D eigenvalue weighted by molar-refractivity contribution is -0.898. The maximum absolute atomic E-state index is 12.2. The van der Waals surface area contributed by atoms with Crippen LogP contribution in [0.2, 0.25) is 0 Å². The maximum Gasteiger partial charge on any atom is 0.169 e. The molecule has 0 saturated carbocycles. The number of nitrogens with one attached hydrogen (secondary N) is 1.